The van der Waals surface area contributed by atoms with Crippen LogP contribution in [0.3, 0.4) is 0 Å². The molecule has 8 heteroatoms. The number of non-ortho nitro benzene ring substituents is 2. The summed E-state index contributed by atoms with van der Waals surface area (Å²) in [7, 11) is 0. The fourth-order valence-corrected chi connectivity index (χ4v) is 1.24. The summed E-state index contributed by atoms with van der Waals surface area (Å²) in [5.74, 6) is 1.23. The number of hydrogen-bond donors (Lipinski definition) is 0. The van der Waals surface area contributed by atoms with Gasteiger partial charge >= 0.3 is 5.97 Å². The van der Waals surface area contributed by atoms with Crippen LogP contribution in [0.15, 0.2) is 18.2 Å². The summed E-state index contributed by atoms with van der Waals surface area (Å²) in [6.07, 6.45) is 5.15. The summed E-state index contributed by atoms with van der Waals surface area (Å²) >= 11 is 0. The highest BCUT2D eigenvalue weighted by Gasteiger charge is 2.25. The van der Waals surface area contributed by atoms with Gasteiger partial charge in [0.15, 0.2) is 5.60 Å². The Morgan fingerprint density at radius 2 is 1.65 bits per heavy atom. The zero-order valence-corrected chi connectivity index (χ0v) is 10.7. The molecule has 0 heterocycles. The zero-order valence-electron chi connectivity index (χ0n) is 10.7. The van der Waals surface area contributed by atoms with E-state index in [0.29, 0.717) is 0 Å². The molecular weight excluding hydrogens is 268 g/mol. The van der Waals surface area contributed by atoms with Crippen LogP contribution >= 0.6 is 0 Å². The molecule has 1 rings (SSSR count). The Labute approximate surface area is 113 Å². The second kappa shape index (κ2) is 5.36. The number of carbonyl (C=O) groups excluding carboxylic acids is 1. The van der Waals surface area contributed by atoms with Crippen molar-refractivity contribution in [2.24, 2.45) is 0 Å². The van der Waals surface area contributed by atoms with E-state index in [2.05, 4.69) is 5.92 Å². The number of hydrogen-bond acceptors (Lipinski definition) is 6. The molecule has 0 radical (unpaired) electrons. The lowest BCUT2D eigenvalue weighted by molar-refractivity contribution is -0.394. The molecule has 8 nitrogen and oxygen atoms in total. The number of ether oxygens (including phenoxy) is 1. The Kier molecular flexibility index (Phi) is 4.05. The molecule has 20 heavy (non-hydrogen) atoms. The van der Waals surface area contributed by atoms with Crippen LogP contribution in [-0.2, 0) is 4.74 Å². The van der Waals surface area contributed by atoms with Gasteiger partial charge in [0.1, 0.15) is 0 Å². The molecular formula is C12H10N2O6. The maximum atomic E-state index is 11.8. The molecule has 0 fully saturated rings. The summed E-state index contributed by atoms with van der Waals surface area (Å²) in [6.45, 7) is 2.88. The minimum absolute atomic E-state index is 0.311. The van der Waals surface area contributed by atoms with E-state index in [1.807, 2.05) is 0 Å². The minimum atomic E-state index is -1.23. The van der Waals surface area contributed by atoms with Crippen LogP contribution in [0.25, 0.3) is 0 Å². The van der Waals surface area contributed by atoms with Gasteiger partial charge < -0.3 is 4.74 Å². The van der Waals surface area contributed by atoms with E-state index >= 15 is 0 Å². The minimum Gasteiger partial charge on any atom is -0.443 e. The van der Waals surface area contributed by atoms with E-state index in [9.17, 15) is 25.0 Å². The molecule has 1 aromatic carbocycles. The van der Waals surface area contributed by atoms with Gasteiger partial charge in [0, 0.05) is 12.1 Å². The second-order valence-corrected chi connectivity index (χ2v) is 4.30. The Hall–Kier alpha value is -2.95. The highest BCUT2D eigenvalue weighted by molar-refractivity contribution is 5.91. The van der Waals surface area contributed by atoms with E-state index in [1.54, 1.807) is 0 Å². The third kappa shape index (κ3) is 3.52. The average Bonchev–Trinajstić information content (AvgIpc) is 2.37. The molecule has 0 aromatic heterocycles. The van der Waals surface area contributed by atoms with Gasteiger partial charge in [-0.2, -0.15) is 0 Å². The Morgan fingerprint density at radius 1 is 1.20 bits per heavy atom. The molecule has 0 aliphatic rings. The maximum Gasteiger partial charge on any atom is 0.340 e. The summed E-state index contributed by atoms with van der Waals surface area (Å²) < 4.78 is 4.92. The van der Waals surface area contributed by atoms with Crippen LogP contribution in [0.1, 0.15) is 24.2 Å². The van der Waals surface area contributed by atoms with Gasteiger partial charge in [-0.1, -0.05) is 5.92 Å². The lowest BCUT2D eigenvalue weighted by atomic mass is 10.1. The molecule has 0 amide bonds. The highest BCUT2D eigenvalue weighted by Crippen LogP contribution is 2.24. The van der Waals surface area contributed by atoms with Crippen molar-refractivity contribution in [2.45, 2.75) is 19.4 Å². The van der Waals surface area contributed by atoms with Crippen molar-refractivity contribution in [3.05, 3.63) is 44.0 Å². The number of nitro benzene ring substituents is 2. The van der Waals surface area contributed by atoms with Gasteiger partial charge in [0.2, 0.25) is 0 Å². The molecule has 0 N–H and O–H groups in total. The Morgan fingerprint density at radius 3 is 2.00 bits per heavy atom. The first-order valence-corrected chi connectivity index (χ1v) is 5.31. The summed E-state index contributed by atoms with van der Waals surface area (Å²) in [5.41, 5.74) is -2.69. The molecule has 1 aromatic rings. The van der Waals surface area contributed by atoms with Crippen molar-refractivity contribution in [1.82, 2.24) is 0 Å². The molecule has 0 atom stereocenters. The van der Waals surface area contributed by atoms with Crippen LogP contribution in [0.2, 0.25) is 0 Å². The summed E-state index contributed by atoms with van der Waals surface area (Å²) in [4.78, 5) is 31.5. The number of esters is 1. The predicted octanol–water partition coefficient (Wildman–Crippen LogP) is 2.07. The molecule has 0 bridgehead atoms. The molecule has 104 valence electrons. The topological polar surface area (TPSA) is 113 Å². The van der Waals surface area contributed by atoms with Crippen LogP contribution in [0.4, 0.5) is 11.4 Å². The Bertz CT molecular complexity index is 597. The average molecular weight is 278 g/mol. The number of nitrogens with zero attached hydrogens (tertiary/aromatic N) is 2. The molecule has 0 saturated carbocycles. The first-order chi connectivity index (χ1) is 9.16. The monoisotopic (exact) mass is 278 g/mol. The van der Waals surface area contributed by atoms with Crippen molar-refractivity contribution >= 4 is 17.3 Å². The number of nitro groups is 2. The summed E-state index contributed by atoms with van der Waals surface area (Å²) in [6, 6.07) is 2.53. The molecule has 0 aliphatic heterocycles. The lowest BCUT2D eigenvalue weighted by Gasteiger charge is -2.18. The van der Waals surface area contributed by atoms with Crippen molar-refractivity contribution in [3.8, 4) is 12.3 Å². The lowest BCUT2D eigenvalue weighted by Crippen LogP contribution is -2.26. The van der Waals surface area contributed by atoms with Gasteiger partial charge in [0.05, 0.1) is 21.5 Å². The van der Waals surface area contributed by atoms with E-state index in [4.69, 9.17) is 11.2 Å². The van der Waals surface area contributed by atoms with Crippen LogP contribution in [0, 0.1) is 32.6 Å². The van der Waals surface area contributed by atoms with Crippen molar-refractivity contribution < 1.29 is 19.4 Å². The maximum absolute atomic E-state index is 11.8. The van der Waals surface area contributed by atoms with Crippen LogP contribution in [0.5, 0.6) is 0 Å². The normalized spacial score (nSPS) is 10.4. The van der Waals surface area contributed by atoms with Gasteiger partial charge in [-0.3, -0.25) is 20.2 Å². The standard InChI is InChI=1S/C12H10N2O6/c1-4-12(2,3)20-11(15)8-5-9(13(16)17)7-10(6-8)14(18)19/h1,5-7H,2-3H3. The van der Waals surface area contributed by atoms with Gasteiger partial charge in [0.25, 0.3) is 11.4 Å². The van der Waals surface area contributed by atoms with Gasteiger partial charge in [-0.15, -0.1) is 6.42 Å². The van der Waals surface area contributed by atoms with Crippen molar-refractivity contribution in [1.29, 1.82) is 0 Å². The number of rotatable bonds is 4. The number of carbonyl (C=O) groups is 1. The van der Waals surface area contributed by atoms with E-state index in [1.165, 1.54) is 13.8 Å². The van der Waals surface area contributed by atoms with Crippen LogP contribution < -0.4 is 0 Å². The first-order valence-electron chi connectivity index (χ1n) is 5.31. The first kappa shape index (κ1) is 15.1. The molecule has 0 saturated heterocycles. The number of benzene rings is 1. The summed E-state index contributed by atoms with van der Waals surface area (Å²) in [5, 5.41) is 21.4. The largest absolute Gasteiger partial charge is 0.443 e. The number of terminal acetylenes is 1. The Balaban J connectivity index is 3.24. The third-order valence-corrected chi connectivity index (χ3v) is 2.26. The quantitative estimate of drug-likeness (QED) is 0.360. The van der Waals surface area contributed by atoms with E-state index in [-0.39, 0.29) is 5.56 Å². The van der Waals surface area contributed by atoms with Crippen molar-refractivity contribution in [2.75, 3.05) is 0 Å². The second-order valence-electron chi connectivity index (χ2n) is 4.30. The van der Waals surface area contributed by atoms with Gasteiger partial charge in [-0.05, 0) is 13.8 Å². The molecule has 0 aliphatic carbocycles. The zero-order chi connectivity index (χ0) is 15.5. The predicted molar refractivity (Wildman–Crippen MR) is 68.1 cm³/mol. The molecule has 0 spiro atoms. The third-order valence-electron chi connectivity index (χ3n) is 2.26. The SMILES string of the molecule is C#CC(C)(C)OC(=O)c1cc([N+](=O)[O-])cc([N+](=O)[O-])c1. The van der Waals surface area contributed by atoms with Crippen LogP contribution in [-0.4, -0.2) is 21.4 Å². The molecule has 0 unspecified atom stereocenters. The fourth-order valence-electron chi connectivity index (χ4n) is 1.24. The smallest absolute Gasteiger partial charge is 0.340 e. The van der Waals surface area contributed by atoms with Gasteiger partial charge in [-0.25, -0.2) is 4.79 Å². The highest BCUT2D eigenvalue weighted by atomic mass is 16.6. The van der Waals surface area contributed by atoms with E-state index in [0.717, 1.165) is 18.2 Å². The van der Waals surface area contributed by atoms with Crippen molar-refractivity contribution in [3.63, 3.8) is 0 Å². The van der Waals surface area contributed by atoms with E-state index < -0.39 is 32.8 Å². The fraction of sp³-hybridized carbons (Fsp3) is 0.250.